The standard InChI is InChI=1S/C14H18N2O5/c1-21-13-8-10(5-6-12(13)16(19)20)14(18)15-7-3-2-4-11(15)9-17/h5-6,8,11,17H,2-4,7,9H2,1H3. The lowest BCUT2D eigenvalue weighted by Gasteiger charge is -2.34. The van der Waals surface area contributed by atoms with Crippen LogP contribution in [0, 0.1) is 10.1 Å². The average Bonchev–Trinajstić information content (AvgIpc) is 2.53. The van der Waals surface area contributed by atoms with E-state index in [9.17, 15) is 20.0 Å². The molecular formula is C14H18N2O5. The molecule has 1 amide bonds. The lowest BCUT2D eigenvalue weighted by molar-refractivity contribution is -0.385. The summed E-state index contributed by atoms with van der Waals surface area (Å²) in [6, 6.07) is 3.88. The molecule has 1 aromatic carbocycles. The zero-order valence-electron chi connectivity index (χ0n) is 11.8. The molecule has 1 fully saturated rings. The molecule has 21 heavy (non-hydrogen) atoms. The molecule has 1 aliphatic heterocycles. The normalized spacial score (nSPS) is 18.4. The van der Waals surface area contributed by atoms with Crippen molar-refractivity contribution in [2.75, 3.05) is 20.3 Å². The number of likely N-dealkylation sites (tertiary alicyclic amines) is 1. The lowest BCUT2D eigenvalue weighted by Crippen LogP contribution is -2.45. The minimum atomic E-state index is -0.551. The summed E-state index contributed by atoms with van der Waals surface area (Å²) in [7, 11) is 1.33. The summed E-state index contributed by atoms with van der Waals surface area (Å²) in [6.45, 7) is 0.513. The summed E-state index contributed by atoms with van der Waals surface area (Å²) < 4.78 is 4.98. The van der Waals surface area contributed by atoms with E-state index in [0.717, 1.165) is 19.3 Å². The molecule has 1 atom stereocenters. The first-order valence-corrected chi connectivity index (χ1v) is 6.82. The van der Waals surface area contributed by atoms with Gasteiger partial charge in [0.05, 0.1) is 24.7 Å². The maximum Gasteiger partial charge on any atom is 0.310 e. The van der Waals surface area contributed by atoms with Gasteiger partial charge in [0, 0.05) is 24.2 Å². The molecular weight excluding hydrogens is 276 g/mol. The van der Waals surface area contributed by atoms with Crippen LogP contribution in [-0.2, 0) is 0 Å². The Labute approximate surface area is 122 Å². The monoisotopic (exact) mass is 294 g/mol. The van der Waals surface area contributed by atoms with E-state index < -0.39 is 4.92 Å². The number of nitro groups is 1. The van der Waals surface area contributed by atoms with Crippen molar-refractivity contribution >= 4 is 11.6 Å². The number of methoxy groups -OCH3 is 1. The Morgan fingerprint density at radius 1 is 1.52 bits per heavy atom. The first kappa shape index (κ1) is 15.2. The van der Waals surface area contributed by atoms with Crippen molar-refractivity contribution < 1.29 is 19.6 Å². The molecule has 1 aliphatic rings. The third-order valence-corrected chi connectivity index (χ3v) is 3.72. The summed E-state index contributed by atoms with van der Waals surface area (Å²) in [6.07, 6.45) is 2.65. The van der Waals surface area contributed by atoms with Crippen molar-refractivity contribution in [3.8, 4) is 5.75 Å². The number of piperidine rings is 1. The van der Waals surface area contributed by atoms with Crippen LogP contribution in [0.25, 0.3) is 0 Å². The van der Waals surface area contributed by atoms with Gasteiger partial charge in [-0.05, 0) is 25.3 Å². The van der Waals surface area contributed by atoms with Crippen molar-refractivity contribution in [1.29, 1.82) is 0 Å². The molecule has 1 heterocycles. The largest absolute Gasteiger partial charge is 0.490 e. The SMILES string of the molecule is COc1cc(C(=O)N2CCCCC2CO)ccc1[N+](=O)[O-]. The van der Waals surface area contributed by atoms with Gasteiger partial charge in [0.15, 0.2) is 5.75 Å². The van der Waals surface area contributed by atoms with Crippen LogP contribution in [0.5, 0.6) is 5.75 Å². The van der Waals surface area contributed by atoms with E-state index in [2.05, 4.69) is 0 Å². The minimum absolute atomic E-state index is 0.0587. The van der Waals surface area contributed by atoms with Crippen molar-refractivity contribution in [1.82, 2.24) is 4.90 Å². The number of aliphatic hydroxyl groups is 1. The fourth-order valence-corrected chi connectivity index (χ4v) is 2.59. The second-order valence-corrected chi connectivity index (χ2v) is 4.97. The molecule has 0 bridgehead atoms. The zero-order valence-corrected chi connectivity index (χ0v) is 11.8. The average molecular weight is 294 g/mol. The predicted molar refractivity (Wildman–Crippen MR) is 75.4 cm³/mol. The van der Waals surface area contributed by atoms with E-state index in [1.807, 2.05) is 0 Å². The van der Waals surface area contributed by atoms with Crippen LogP contribution in [0.1, 0.15) is 29.6 Å². The number of nitrogens with zero attached hydrogens (tertiary/aromatic N) is 2. The summed E-state index contributed by atoms with van der Waals surface area (Å²) in [5, 5.41) is 20.2. The van der Waals surface area contributed by atoms with Crippen molar-refractivity contribution in [2.45, 2.75) is 25.3 Å². The van der Waals surface area contributed by atoms with Gasteiger partial charge in [-0.15, -0.1) is 0 Å². The van der Waals surface area contributed by atoms with Crippen molar-refractivity contribution in [2.24, 2.45) is 0 Å². The van der Waals surface area contributed by atoms with Gasteiger partial charge < -0.3 is 14.7 Å². The van der Waals surface area contributed by atoms with Gasteiger partial charge in [-0.2, -0.15) is 0 Å². The van der Waals surface area contributed by atoms with Crippen LogP contribution in [0.4, 0.5) is 5.69 Å². The van der Waals surface area contributed by atoms with Gasteiger partial charge in [0.1, 0.15) is 0 Å². The topological polar surface area (TPSA) is 92.9 Å². The summed E-state index contributed by atoms with van der Waals surface area (Å²) in [5.41, 5.74) is 0.157. The molecule has 2 rings (SSSR count). The van der Waals surface area contributed by atoms with Crippen molar-refractivity contribution in [3.63, 3.8) is 0 Å². The number of aliphatic hydroxyl groups excluding tert-OH is 1. The molecule has 1 saturated heterocycles. The molecule has 0 spiro atoms. The second kappa shape index (κ2) is 6.53. The number of amides is 1. The van der Waals surface area contributed by atoms with E-state index in [1.165, 1.54) is 25.3 Å². The summed E-state index contributed by atoms with van der Waals surface area (Å²) >= 11 is 0. The van der Waals surface area contributed by atoms with Crippen LogP contribution in [0.2, 0.25) is 0 Å². The van der Waals surface area contributed by atoms with Crippen molar-refractivity contribution in [3.05, 3.63) is 33.9 Å². The smallest absolute Gasteiger partial charge is 0.310 e. The Bertz CT molecular complexity index is 546. The third kappa shape index (κ3) is 3.13. The number of rotatable bonds is 4. The summed E-state index contributed by atoms with van der Waals surface area (Å²) in [5.74, 6) is -0.176. The van der Waals surface area contributed by atoms with Gasteiger partial charge >= 0.3 is 5.69 Å². The molecule has 1 N–H and O–H groups in total. The number of nitro benzene ring substituents is 1. The van der Waals surface area contributed by atoms with Crippen LogP contribution < -0.4 is 4.74 Å². The first-order chi connectivity index (χ1) is 10.1. The van der Waals surface area contributed by atoms with E-state index in [1.54, 1.807) is 4.90 Å². The molecule has 0 aliphatic carbocycles. The van der Waals surface area contributed by atoms with E-state index in [-0.39, 0.29) is 30.0 Å². The van der Waals surface area contributed by atoms with Gasteiger partial charge in [-0.25, -0.2) is 0 Å². The molecule has 1 aromatic rings. The van der Waals surface area contributed by atoms with Crippen LogP contribution in [0.15, 0.2) is 18.2 Å². The number of carbonyl (C=O) groups excluding carboxylic acids is 1. The second-order valence-electron chi connectivity index (χ2n) is 4.97. The highest BCUT2D eigenvalue weighted by molar-refractivity contribution is 5.95. The van der Waals surface area contributed by atoms with Gasteiger partial charge in [-0.3, -0.25) is 14.9 Å². The Hall–Kier alpha value is -2.15. The molecule has 7 nitrogen and oxygen atoms in total. The summed E-state index contributed by atoms with van der Waals surface area (Å²) in [4.78, 5) is 24.4. The predicted octanol–water partition coefficient (Wildman–Crippen LogP) is 1.59. The number of hydrogen-bond acceptors (Lipinski definition) is 5. The third-order valence-electron chi connectivity index (χ3n) is 3.72. The van der Waals surface area contributed by atoms with E-state index in [4.69, 9.17) is 4.74 Å². The number of benzene rings is 1. The Morgan fingerprint density at radius 2 is 2.29 bits per heavy atom. The van der Waals surface area contributed by atoms with E-state index in [0.29, 0.717) is 12.1 Å². The van der Waals surface area contributed by atoms with Gasteiger partial charge in [0.2, 0.25) is 0 Å². The molecule has 0 aromatic heterocycles. The molecule has 0 radical (unpaired) electrons. The quantitative estimate of drug-likeness (QED) is 0.672. The highest BCUT2D eigenvalue weighted by atomic mass is 16.6. The van der Waals surface area contributed by atoms with Gasteiger partial charge in [0.25, 0.3) is 5.91 Å². The first-order valence-electron chi connectivity index (χ1n) is 6.82. The number of hydrogen-bond donors (Lipinski definition) is 1. The Kier molecular flexibility index (Phi) is 4.74. The van der Waals surface area contributed by atoms with Crippen LogP contribution >= 0.6 is 0 Å². The molecule has 0 saturated carbocycles. The van der Waals surface area contributed by atoms with Crippen LogP contribution in [-0.4, -0.2) is 47.1 Å². The zero-order chi connectivity index (χ0) is 15.4. The Morgan fingerprint density at radius 3 is 2.90 bits per heavy atom. The number of ether oxygens (including phenoxy) is 1. The maximum absolute atomic E-state index is 12.5. The van der Waals surface area contributed by atoms with Gasteiger partial charge in [-0.1, -0.05) is 0 Å². The minimum Gasteiger partial charge on any atom is -0.490 e. The fourth-order valence-electron chi connectivity index (χ4n) is 2.59. The molecule has 114 valence electrons. The van der Waals surface area contributed by atoms with E-state index >= 15 is 0 Å². The molecule has 7 heteroatoms. The fraction of sp³-hybridized carbons (Fsp3) is 0.500. The highest BCUT2D eigenvalue weighted by Crippen LogP contribution is 2.29. The molecule has 1 unspecified atom stereocenters. The highest BCUT2D eigenvalue weighted by Gasteiger charge is 2.28. The maximum atomic E-state index is 12.5. The number of carbonyl (C=O) groups is 1. The Balaban J connectivity index is 2.28. The lowest BCUT2D eigenvalue weighted by atomic mass is 10.0. The van der Waals surface area contributed by atoms with Crippen LogP contribution in [0.3, 0.4) is 0 Å².